The fraction of sp³-hybridized carbons (Fsp3) is 0.387. The molecule has 0 bridgehead atoms. The molecule has 13 heteroatoms. The number of nitrogens with one attached hydrogen (secondary N) is 1. The zero-order valence-electron chi connectivity index (χ0n) is 23.6. The maximum Gasteiger partial charge on any atom is 0.418 e. The summed E-state index contributed by atoms with van der Waals surface area (Å²) >= 11 is 0. The van der Waals surface area contributed by atoms with Gasteiger partial charge in [-0.25, -0.2) is 4.39 Å². The van der Waals surface area contributed by atoms with Gasteiger partial charge in [0.05, 0.1) is 17.0 Å². The van der Waals surface area contributed by atoms with E-state index >= 15 is 0 Å². The third-order valence-electron chi connectivity index (χ3n) is 8.21. The molecule has 2 heterocycles. The van der Waals surface area contributed by atoms with Crippen molar-refractivity contribution in [1.29, 1.82) is 0 Å². The third kappa shape index (κ3) is 6.97. The first-order chi connectivity index (χ1) is 20.8. The van der Waals surface area contributed by atoms with Gasteiger partial charge in [-0.1, -0.05) is 12.1 Å². The summed E-state index contributed by atoms with van der Waals surface area (Å²) < 4.78 is 97.0. The van der Waals surface area contributed by atoms with E-state index in [9.17, 15) is 40.6 Å². The van der Waals surface area contributed by atoms with Crippen LogP contribution in [0.4, 0.5) is 53.5 Å². The lowest BCUT2D eigenvalue weighted by Crippen LogP contribution is -2.47. The van der Waals surface area contributed by atoms with Gasteiger partial charge in [-0.2, -0.15) is 26.3 Å². The second-order valence-corrected chi connectivity index (χ2v) is 10.9. The summed E-state index contributed by atoms with van der Waals surface area (Å²) in [5.41, 5.74) is -0.377. The molecule has 2 saturated heterocycles. The Bertz CT molecular complexity index is 1480. The summed E-state index contributed by atoms with van der Waals surface area (Å²) in [6, 6.07) is 13.2. The molecule has 0 aromatic heterocycles. The minimum absolute atomic E-state index is 0.0420. The number of nitrogens with zero attached hydrogens (tertiary/aromatic N) is 3. The molecular formula is C31H31F7N4O2. The molecule has 0 radical (unpaired) electrons. The number of hydrogen-bond acceptors (Lipinski definition) is 5. The van der Waals surface area contributed by atoms with Crippen molar-refractivity contribution in [2.24, 2.45) is 5.92 Å². The molecular weight excluding hydrogens is 593 g/mol. The van der Waals surface area contributed by atoms with Crippen molar-refractivity contribution >= 4 is 28.7 Å². The molecule has 2 N–H and O–H groups in total. The predicted molar refractivity (Wildman–Crippen MR) is 154 cm³/mol. The van der Waals surface area contributed by atoms with Crippen LogP contribution in [0.25, 0.3) is 0 Å². The van der Waals surface area contributed by atoms with Crippen LogP contribution >= 0.6 is 0 Å². The molecule has 236 valence electrons. The summed E-state index contributed by atoms with van der Waals surface area (Å²) in [7, 11) is 0. The Hall–Kier alpha value is -4.16. The Morgan fingerprint density at radius 1 is 0.773 bits per heavy atom. The average Bonchev–Trinajstić information content (AvgIpc) is 2.99. The molecule has 44 heavy (non-hydrogen) atoms. The van der Waals surface area contributed by atoms with E-state index in [4.69, 9.17) is 0 Å². The number of carbonyl (C=O) groups is 1. The highest BCUT2D eigenvalue weighted by molar-refractivity contribution is 5.70. The smallest absolute Gasteiger partial charge is 0.418 e. The molecule has 2 aliphatic heterocycles. The van der Waals surface area contributed by atoms with Crippen LogP contribution in [-0.2, 0) is 23.7 Å². The maximum atomic E-state index is 14.9. The fourth-order valence-corrected chi connectivity index (χ4v) is 5.81. The summed E-state index contributed by atoms with van der Waals surface area (Å²) in [4.78, 5) is 16.5. The monoisotopic (exact) mass is 624 g/mol. The summed E-state index contributed by atoms with van der Waals surface area (Å²) in [5, 5.41) is 12.2. The van der Waals surface area contributed by atoms with E-state index in [0.29, 0.717) is 37.3 Å². The van der Waals surface area contributed by atoms with Gasteiger partial charge in [-0.05, 0) is 61.4 Å². The zero-order chi connectivity index (χ0) is 31.6. The second-order valence-electron chi connectivity index (χ2n) is 10.9. The van der Waals surface area contributed by atoms with Gasteiger partial charge in [0.1, 0.15) is 5.82 Å². The van der Waals surface area contributed by atoms with Crippen LogP contribution in [0.1, 0.15) is 29.5 Å². The van der Waals surface area contributed by atoms with Gasteiger partial charge >= 0.3 is 18.3 Å². The lowest BCUT2D eigenvalue weighted by molar-refractivity contribution is -0.142. The Morgan fingerprint density at radius 2 is 1.41 bits per heavy atom. The third-order valence-corrected chi connectivity index (χ3v) is 8.21. The van der Waals surface area contributed by atoms with E-state index in [0.717, 1.165) is 18.2 Å². The molecule has 6 nitrogen and oxygen atoms in total. The zero-order valence-corrected chi connectivity index (χ0v) is 23.6. The molecule has 3 aromatic carbocycles. The lowest BCUT2D eigenvalue weighted by Gasteiger charge is -2.38. The second kappa shape index (κ2) is 12.4. The van der Waals surface area contributed by atoms with Crippen molar-refractivity contribution in [3.8, 4) is 0 Å². The molecule has 2 aliphatic rings. The average molecular weight is 625 g/mol. The van der Waals surface area contributed by atoms with E-state index < -0.39 is 41.2 Å². The number of benzene rings is 3. The van der Waals surface area contributed by atoms with Crippen molar-refractivity contribution in [1.82, 2.24) is 0 Å². The predicted octanol–water partition coefficient (Wildman–Crippen LogP) is 7.10. The van der Waals surface area contributed by atoms with Gasteiger partial charge in [-0.3, -0.25) is 4.79 Å². The van der Waals surface area contributed by atoms with E-state index in [-0.39, 0.29) is 49.7 Å². The molecule has 5 rings (SSSR count). The normalized spacial score (nSPS) is 16.8. The van der Waals surface area contributed by atoms with E-state index in [1.807, 2.05) is 4.90 Å². The van der Waals surface area contributed by atoms with Crippen molar-refractivity contribution in [3.63, 3.8) is 0 Å². The molecule has 3 aromatic rings. The maximum absolute atomic E-state index is 14.9. The fourth-order valence-electron chi connectivity index (χ4n) is 5.81. The number of anilines is 4. The summed E-state index contributed by atoms with van der Waals surface area (Å²) in [5.74, 6) is -1.86. The number of halogens is 7. The number of carboxylic acids is 1. The Kier molecular flexibility index (Phi) is 8.85. The van der Waals surface area contributed by atoms with Crippen LogP contribution in [0.5, 0.6) is 0 Å². The van der Waals surface area contributed by atoms with Crippen LogP contribution < -0.4 is 20.0 Å². The van der Waals surface area contributed by atoms with Gasteiger partial charge in [0.25, 0.3) is 0 Å². The first kappa shape index (κ1) is 31.3. The van der Waals surface area contributed by atoms with Crippen molar-refractivity contribution in [2.75, 3.05) is 59.3 Å². The number of rotatable bonds is 7. The van der Waals surface area contributed by atoms with Gasteiger partial charge in [0, 0.05) is 74.1 Å². The number of carboxylic acid groups (broad SMARTS) is 1. The van der Waals surface area contributed by atoms with Crippen LogP contribution in [0.3, 0.4) is 0 Å². The van der Waals surface area contributed by atoms with E-state index in [1.165, 1.54) is 24.3 Å². The number of alkyl halides is 6. The summed E-state index contributed by atoms with van der Waals surface area (Å²) in [6.45, 7) is 1.55. The van der Waals surface area contributed by atoms with Crippen molar-refractivity contribution < 1.29 is 40.6 Å². The van der Waals surface area contributed by atoms with Gasteiger partial charge in [0.2, 0.25) is 0 Å². The molecule has 0 atom stereocenters. The van der Waals surface area contributed by atoms with Crippen LogP contribution in [0.15, 0.2) is 60.7 Å². The molecule has 2 fully saturated rings. The number of piperidine rings is 1. The van der Waals surface area contributed by atoms with Crippen LogP contribution in [0.2, 0.25) is 0 Å². The minimum atomic E-state index is -4.69. The van der Waals surface area contributed by atoms with Crippen LogP contribution in [0, 0.1) is 11.7 Å². The number of hydrogen-bond donors (Lipinski definition) is 2. The van der Waals surface area contributed by atoms with Crippen molar-refractivity contribution in [3.05, 3.63) is 83.2 Å². The number of piperazine rings is 1. The molecule has 0 amide bonds. The minimum Gasteiger partial charge on any atom is -0.481 e. The topological polar surface area (TPSA) is 59.1 Å². The van der Waals surface area contributed by atoms with Gasteiger partial charge < -0.3 is 25.1 Å². The van der Waals surface area contributed by atoms with E-state index in [1.54, 1.807) is 28.0 Å². The number of aliphatic carboxylic acids is 1. The molecule has 0 saturated carbocycles. The molecule has 0 spiro atoms. The Balaban J connectivity index is 1.29. The SMILES string of the molecule is O=C(O)C1CCN(c2cccc(F)c2CNc2ccc(N3CCN(c4cccc(C(F)(F)F)c4)CC3)c(C(F)(F)F)c2)CC1. The first-order valence-electron chi connectivity index (χ1n) is 14.2. The first-order valence-corrected chi connectivity index (χ1v) is 14.2. The quantitative estimate of drug-likeness (QED) is 0.274. The highest BCUT2D eigenvalue weighted by atomic mass is 19.4. The standard InChI is InChI=1S/C31H31F7N4O2/c32-26-5-2-6-27(41-11-9-20(10-12-41)29(43)44)24(26)19-39-22-7-8-28(25(18-22)31(36,37)38)42-15-13-40(14-16-42)23-4-1-3-21(17-23)30(33,34)35/h1-8,17-18,20,39H,9-16,19H2,(H,43,44). The van der Waals surface area contributed by atoms with Crippen molar-refractivity contribution in [2.45, 2.75) is 31.7 Å². The van der Waals surface area contributed by atoms with E-state index in [2.05, 4.69) is 5.32 Å². The highest BCUT2D eigenvalue weighted by Crippen LogP contribution is 2.40. The van der Waals surface area contributed by atoms with Crippen LogP contribution in [-0.4, -0.2) is 50.3 Å². The lowest BCUT2D eigenvalue weighted by atomic mass is 9.96. The van der Waals surface area contributed by atoms with Gasteiger partial charge in [-0.15, -0.1) is 0 Å². The largest absolute Gasteiger partial charge is 0.481 e. The summed E-state index contributed by atoms with van der Waals surface area (Å²) in [6.07, 6.45) is -8.38. The Labute approximate surface area is 249 Å². The molecule has 0 unspecified atom stereocenters. The Morgan fingerprint density at radius 3 is 2.05 bits per heavy atom. The highest BCUT2D eigenvalue weighted by Gasteiger charge is 2.36. The van der Waals surface area contributed by atoms with Gasteiger partial charge in [0.15, 0.2) is 0 Å². The molecule has 0 aliphatic carbocycles.